The van der Waals surface area contributed by atoms with Gasteiger partial charge in [-0.2, -0.15) is 0 Å². The summed E-state index contributed by atoms with van der Waals surface area (Å²) in [5, 5.41) is 11.2. The molecule has 4 rings (SSSR count). The van der Waals surface area contributed by atoms with E-state index < -0.39 is 17.7 Å². The molecule has 2 aliphatic rings. The summed E-state index contributed by atoms with van der Waals surface area (Å²) < 4.78 is 21.5. The third-order valence-corrected chi connectivity index (χ3v) is 5.70. The highest BCUT2D eigenvalue weighted by atomic mass is 16.7. The Hall–Kier alpha value is -3.72. The SMILES string of the molecule is COc1ccc(C2/C(=C(\O)c3ccc4c(c3)OCO4)C(=O)C(=O)N2CCN(C)C)cc1OC. The lowest BCUT2D eigenvalue weighted by Gasteiger charge is -2.27. The number of hydrogen-bond acceptors (Lipinski definition) is 8. The summed E-state index contributed by atoms with van der Waals surface area (Å²) in [5.41, 5.74) is 0.980. The molecular weight excluding hydrogens is 428 g/mol. The van der Waals surface area contributed by atoms with Crippen molar-refractivity contribution in [1.29, 1.82) is 0 Å². The second-order valence-corrected chi connectivity index (χ2v) is 7.98. The van der Waals surface area contributed by atoms with Crippen molar-refractivity contribution >= 4 is 17.4 Å². The molecule has 2 aromatic rings. The average Bonchev–Trinajstić information content (AvgIpc) is 3.38. The summed E-state index contributed by atoms with van der Waals surface area (Å²) in [6, 6.07) is 9.26. The molecule has 1 fully saturated rings. The highest BCUT2D eigenvalue weighted by molar-refractivity contribution is 6.46. The fourth-order valence-corrected chi connectivity index (χ4v) is 3.99. The minimum absolute atomic E-state index is 0.00448. The summed E-state index contributed by atoms with van der Waals surface area (Å²) in [6.45, 7) is 0.926. The molecule has 2 aliphatic heterocycles. The summed E-state index contributed by atoms with van der Waals surface area (Å²) >= 11 is 0. The van der Waals surface area contributed by atoms with Crippen molar-refractivity contribution in [2.75, 3.05) is 48.2 Å². The molecule has 9 heteroatoms. The molecule has 0 saturated carbocycles. The standard InChI is InChI=1S/C24H26N2O7/c1-25(2)9-10-26-21(14-5-7-16(30-3)18(11-14)31-4)20(23(28)24(26)29)22(27)15-6-8-17-19(12-15)33-13-32-17/h5-8,11-12,21,27H,9-10,13H2,1-4H3/b22-20+. The Morgan fingerprint density at radius 3 is 2.48 bits per heavy atom. The minimum atomic E-state index is -0.796. The van der Waals surface area contributed by atoms with Crippen LogP contribution in [0.5, 0.6) is 23.0 Å². The summed E-state index contributed by atoms with van der Waals surface area (Å²) in [4.78, 5) is 29.6. The zero-order valence-corrected chi connectivity index (χ0v) is 19.0. The van der Waals surface area contributed by atoms with E-state index in [9.17, 15) is 14.7 Å². The normalized spacial score (nSPS) is 18.8. The number of aliphatic hydroxyl groups is 1. The Morgan fingerprint density at radius 1 is 1.06 bits per heavy atom. The van der Waals surface area contributed by atoms with Crippen LogP contribution in [0.4, 0.5) is 0 Å². The quantitative estimate of drug-likeness (QED) is 0.387. The van der Waals surface area contributed by atoms with Gasteiger partial charge in [-0.1, -0.05) is 6.07 Å². The van der Waals surface area contributed by atoms with Gasteiger partial charge in [-0.15, -0.1) is 0 Å². The van der Waals surface area contributed by atoms with Gasteiger partial charge < -0.3 is 33.9 Å². The first-order chi connectivity index (χ1) is 15.8. The number of ether oxygens (including phenoxy) is 4. The van der Waals surface area contributed by atoms with E-state index in [0.717, 1.165) is 0 Å². The van der Waals surface area contributed by atoms with Crippen LogP contribution in [0, 0.1) is 0 Å². The van der Waals surface area contributed by atoms with Crippen molar-refractivity contribution in [3.63, 3.8) is 0 Å². The molecule has 1 unspecified atom stereocenters. The molecule has 1 atom stereocenters. The van der Waals surface area contributed by atoms with E-state index >= 15 is 0 Å². The van der Waals surface area contributed by atoms with Crippen molar-refractivity contribution in [1.82, 2.24) is 9.80 Å². The molecule has 1 amide bonds. The third-order valence-electron chi connectivity index (χ3n) is 5.70. The number of methoxy groups -OCH3 is 2. The van der Waals surface area contributed by atoms with E-state index in [1.165, 1.54) is 19.1 Å². The van der Waals surface area contributed by atoms with Gasteiger partial charge in [0.2, 0.25) is 6.79 Å². The van der Waals surface area contributed by atoms with Gasteiger partial charge >= 0.3 is 0 Å². The number of aliphatic hydroxyl groups excluding tert-OH is 1. The Kier molecular flexibility index (Phi) is 6.15. The lowest BCUT2D eigenvalue weighted by atomic mass is 9.95. The number of nitrogens with zero attached hydrogens (tertiary/aromatic N) is 2. The van der Waals surface area contributed by atoms with E-state index in [2.05, 4.69) is 0 Å². The van der Waals surface area contributed by atoms with Crippen LogP contribution in [-0.2, 0) is 9.59 Å². The zero-order valence-electron chi connectivity index (χ0n) is 19.0. The van der Waals surface area contributed by atoms with E-state index in [0.29, 0.717) is 47.2 Å². The number of amides is 1. The molecule has 0 spiro atoms. The number of likely N-dealkylation sites (tertiary alicyclic amines) is 1. The molecule has 33 heavy (non-hydrogen) atoms. The highest BCUT2D eigenvalue weighted by Gasteiger charge is 2.46. The van der Waals surface area contributed by atoms with Gasteiger partial charge in [-0.05, 0) is 50.0 Å². The van der Waals surface area contributed by atoms with E-state index in [-0.39, 0.29) is 18.1 Å². The second kappa shape index (κ2) is 9.03. The van der Waals surface area contributed by atoms with Crippen LogP contribution in [0.3, 0.4) is 0 Å². The van der Waals surface area contributed by atoms with Crippen LogP contribution >= 0.6 is 0 Å². The maximum absolute atomic E-state index is 13.1. The molecule has 0 radical (unpaired) electrons. The maximum atomic E-state index is 13.1. The monoisotopic (exact) mass is 454 g/mol. The van der Waals surface area contributed by atoms with E-state index in [1.54, 1.807) is 36.4 Å². The number of fused-ring (bicyclic) bond motifs is 1. The Bertz CT molecular complexity index is 1130. The predicted octanol–water partition coefficient (Wildman–Crippen LogP) is 2.42. The van der Waals surface area contributed by atoms with Crippen molar-refractivity contribution in [3.05, 3.63) is 53.1 Å². The van der Waals surface area contributed by atoms with Gasteiger partial charge in [-0.25, -0.2) is 0 Å². The highest BCUT2D eigenvalue weighted by Crippen LogP contribution is 2.43. The second-order valence-electron chi connectivity index (χ2n) is 7.98. The van der Waals surface area contributed by atoms with Gasteiger partial charge in [-0.3, -0.25) is 9.59 Å². The van der Waals surface area contributed by atoms with Crippen molar-refractivity contribution in [2.24, 2.45) is 0 Å². The Balaban J connectivity index is 1.85. The Labute approximate surface area is 191 Å². The zero-order chi connectivity index (χ0) is 23.7. The number of benzene rings is 2. The fraction of sp³-hybridized carbons (Fsp3) is 0.333. The number of carbonyl (C=O) groups is 2. The van der Waals surface area contributed by atoms with Crippen molar-refractivity contribution in [2.45, 2.75) is 6.04 Å². The summed E-state index contributed by atoms with van der Waals surface area (Å²) in [5.74, 6) is 0.290. The predicted molar refractivity (Wildman–Crippen MR) is 120 cm³/mol. The van der Waals surface area contributed by atoms with Gasteiger partial charge in [0.15, 0.2) is 23.0 Å². The average molecular weight is 454 g/mol. The maximum Gasteiger partial charge on any atom is 0.295 e. The molecule has 174 valence electrons. The molecule has 1 N–H and O–H groups in total. The molecule has 9 nitrogen and oxygen atoms in total. The van der Waals surface area contributed by atoms with Gasteiger partial charge in [0.05, 0.1) is 25.8 Å². The topological polar surface area (TPSA) is 97.8 Å². The molecule has 1 saturated heterocycles. The fourth-order valence-electron chi connectivity index (χ4n) is 3.99. The number of Topliss-reactive ketones (excluding diaryl/α,β-unsaturated/α-hetero) is 1. The first-order valence-corrected chi connectivity index (χ1v) is 10.4. The van der Waals surface area contributed by atoms with Crippen LogP contribution in [0.25, 0.3) is 5.76 Å². The van der Waals surface area contributed by atoms with Crippen LogP contribution in [0.1, 0.15) is 17.2 Å². The van der Waals surface area contributed by atoms with Crippen molar-refractivity contribution < 1.29 is 33.6 Å². The number of likely N-dealkylation sites (N-methyl/N-ethyl adjacent to an activating group) is 1. The number of rotatable bonds is 7. The smallest absolute Gasteiger partial charge is 0.295 e. The summed E-state index contributed by atoms with van der Waals surface area (Å²) in [7, 11) is 6.81. The first-order valence-electron chi connectivity index (χ1n) is 10.4. The lowest BCUT2D eigenvalue weighted by molar-refractivity contribution is -0.140. The van der Waals surface area contributed by atoms with Crippen molar-refractivity contribution in [3.8, 4) is 23.0 Å². The molecule has 0 aliphatic carbocycles. The van der Waals surface area contributed by atoms with Crippen LogP contribution in [0.2, 0.25) is 0 Å². The molecular formula is C24H26N2O7. The Morgan fingerprint density at radius 2 is 1.79 bits per heavy atom. The van der Waals surface area contributed by atoms with Gasteiger partial charge in [0.1, 0.15) is 5.76 Å². The van der Waals surface area contributed by atoms with E-state index in [4.69, 9.17) is 18.9 Å². The first kappa shape index (κ1) is 22.5. The minimum Gasteiger partial charge on any atom is -0.507 e. The third kappa shape index (κ3) is 4.07. The largest absolute Gasteiger partial charge is 0.507 e. The van der Waals surface area contributed by atoms with Crippen LogP contribution in [-0.4, -0.2) is 74.8 Å². The molecule has 0 aromatic heterocycles. The number of ketones is 1. The number of carbonyl (C=O) groups excluding carboxylic acids is 2. The van der Waals surface area contributed by atoms with Crippen LogP contribution in [0.15, 0.2) is 42.0 Å². The lowest BCUT2D eigenvalue weighted by Crippen LogP contribution is -2.35. The van der Waals surface area contributed by atoms with Gasteiger partial charge in [0, 0.05) is 18.7 Å². The molecule has 2 heterocycles. The number of hydrogen-bond donors (Lipinski definition) is 1. The molecule has 2 aromatic carbocycles. The molecule has 0 bridgehead atoms. The van der Waals surface area contributed by atoms with Gasteiger partial charge in [0.25, 0.3) is 11.7 Å². The van der Waals surface area contributed by atoms with E-state index in [1.807, 2.05) is 19.0 Å². The van der Waals surface area contributed by atoms with Crippen LogP contribution < -0.4 is 18.9 Å². The summed E-state index contributed by atoms with van der Waals surface area (Å²) in [6.07, 6.45) is 0.